The highest BCUT2D eigenvalue weighted by atomic mass is 79.9. The average molecular weight is 667 g/mol. The molecule has 2 heterocycles. The molecule has 0 saturated carbocycles. The number of amides is 2. The molecule has 0 saturated heterocycles. The van der Waals surface area contributed by atoms with Crippen molar-refractivity contribution >= 4 is 39.3 Å². The number of nitrogens with one attached hydrogen (secondary N) is 1. The number of fused-ring (bicyclic) bond motifs is 1. The summed E-state index contributed by atoms with van der Waals surface area (Å²) in [4.78, 5) is 42.5. The van der Waals surface area contributed by atoms with Crippen molar-refractivity contribution in [2.45, 2.75) is 39.6 Å². The van der Waals surface area contributed by atoms with Crippen molar-refractivity contribution < 1.29 is 18.7 Å². The third-order valence-electron chi connectivity index (χ3n) is 6.94. The number of nitriles is 1. The zero-order valence-corrected chi connectivity index (χ0v) is 25.6. The number of aromatic nitrogens is 2. The minimum absolute atomic E-state index is 0.0166. The molecular weight excluding hydrogens is 641 g/mol. The molecule has 0 bridgehead atoms. The van der Waals surface area contributed by atoms with Gasteiger partial charge in [0.15, 0.2) is 0 Å². The van der Waals surface area contributed by atoms with Gasteiger partial charge in [0, 0.05) is 35.2 Å². The van der Waals surface area contributed by atoms with Crippen LogP contribution in [-0.2, 0) is 19.6 Å². The van der Waals surface area contributed by atoms with E-state index in [0.29, 0.717) is 32.2 Å². The molecule has 1 aliphatic rings. The van der Waals surface area contributed by atoms with E-state index in [0.717, 1.165) is 6.07 Å². The van der Waals surface area contributed by atoms with Crippen molar-refractivity contribution in [3.05, 3.63) is 115 Å². The van der Waals surface area contributed by atoms with Crippen LogP contribution < -0.4 is 15.7 Å². The molecule has 0 unspecified atom stereocenters. The monoisotopic (exact) mass is 665 g/mol. The number of ether oxygens (including phenoxy) is 1. The number of benzene rings is 3. The van der Waals surface area contributed by atoms with E-state index < -0.39 is 17.4 Å². The Morgan fingerprint density at radius 1 is 1.12 bits per heavy atom. The fraction of sp³-hybridized carbons (Fsp3) is 0.226. The van der Waals surface area contributed by atoms with Crippen LogP contribution in [0.15, 0.2) is 69.9 Å². The molecule has 1 N–H and O–H groups in total. The van der Waals surface area contributed by atoms with E-state index in [4.69, 9.17) is 21.6 Å². The zero-order chi connectivity index (χ0) is 30.8. The second-order valence-corrected chi connectivity index (χ2v) is 11.4. The molecule has 5 rings (SSSR count). The lowest BCUT2D eigenvalue weighted by atomic mass is 10.1. The maximum Gasteiger partial charge on any atom is 0.333 e. The lowest BCUT2D eigenvalue weighted by Gasteiger charge is -2.28. The first kappa shape index (κ1) is 30.1. The van der Waals surface area contributed by atoms with Gasteiger partial charge < -0.3 is 15.0 Å². The summed E-state index contributed by atoms with van der Waals surface area (Å²) >= 11 is 9.54. The van der Waals surface area contributed by atoms with Gasteiger partial charge in [0.2, 0.25) is 0 Å². The van der Waals surface area contributed by atoms with Crippen molar-refractivity contribution in [1.82, 2.24) is 19.4 Å². The summed E-state index contributed by atoms with van der Waals surface area (Å²) in [5.74, 6) is -0.968. The summed E-state index contributed by atoms with van der Waals surface area (Å²) in [6.07, 6.45) is -0.0524. The SMILES string of the molecule is CC(C)Oc1ccc(-n2c(C(=O)NCc3ccc(C#N)cc3F)c3n(c2=O)CCN(C(=O)c2ccc(Br)c(Cl)c2)C3)cc1. The van der Waals surface area contributed by atoms with Gasteiger partial charge in [0.1, 0.15) is 17.3 Å². The Balaban J connectivity index is 1.52. The lowest BCUT2D eigenvalue weighted by molar-refractivity contribution is 0.0706. The first-order valence-electron chi connectivity index (χ1n) is 13.4. The summed E-state index contributed by atoms with van der Waals surface area (Å²) < 4.78 is 23.7. The van der Waals surface area contributed by atoms with E-state index in [-0.39, 0.29) is 55.0 Å². The van der Waals surface area contributed by atoms with Gasteiger partial charge >= 0.3 is 5.69 Å². The molecular formula is C31H26BrClFN5O4. The van der Waals surface area contributed by atoms with Crippen LogP contribution in [0.5, 0.6) is 5.75 Å². The van der Waals surface area contributed by atoms with Crippen LogP contribution in [0.25, 0.3) is 5.69 Å². The number of imidazole rings is 1. The number of hydrogen-bond donors (Lipinski definition) is 1. The molecule has 0 fully saturated rings. The van der Waals surface area contributed by atoms with E-state index in [9.17, 15) is 18.8 Å². The predicted molar refractivity (Wildman–Crippen MR) is 162 cm³/mol. The Hall–Kier alpha value is -4.40. The van der Waals surface area contributed by atoms with Crippen LogP contribution in [0.3, 0.4) is 0 Å². The van der Waals surface area contributed by atoms with Gasteiger partial charge in [-0.25, -0.2) is 9.18 Å². The minimum Gasteiger partial charge on any atom is -0.491 e. The molecule has 9 nitrogen and oxygen atoms in total. The third kappa shape index (κ3) is 6.21. The smallest absolute Gasteiger partial charge is 0.333 e. The highest BCUT2D eigenvalue weighted by Crippen LogP contribution is 2.26. The van der Waals surface area contributed by atoms with Gasteiger partial charge in [0.05, 0.1) is 40.7 Å². The van der Waals surface area contributed by atoms with Crippen molar-refractivity contribution in [3.63, 3.8) is 0 Å². The highest BCUT2D eigenvalue weighted by Gasteiger charge is 2.32. The van der Waals surface area contributed by atoms with Crippen molar-refractivity contribution in [2.24, 2.45) is 0 Å². The summed E-state index contributed by atoms with van der Waals surface area (Å²) in [7, 11) is 0. The van der Waals surface area contributed by atoms with E-state index in [1.54, 1.807) is 47.4 Å². The topological polar surface area (TPSA) is 109 Å². The maximum atomic E-state index is 14.6. The Morgan fingerprint density at radius 2 is 1.86 bits per heavy atom. The molecule has 43 heavy (non-hydrogen) atoms. The minimum atomic E-state index is -0.638. The van der Waals surface area contributed by atoms with E-state index in [2.05, 4.69) is 21.2 Å². The number of hydrogen-bond acceptors (Lipinski definition) is 5. The number of nitrogens with zero attached hydrogens (tertiary/aromatic N) is 4. The Bertz CT molecular complexity index is 1830. The predicted octanol–water partition coefficient (Wildman–Crippen LogP) is 5.44. The van der Waals surface area contributed by atoms with Gasteiger partial charge in [-0.2, -0.15) is 5.26 Å². The third-order valence-corrected chi connectivity index (χ3v) is 8.17. The molecule has 3 aromatic carbocycles. The van der Waals surface area contributed by atoms with E-state index in [1.807, 2.05) is 19.9 Å². The largest absolute Gasteiger partial charge is 0.491 e. The first-order chi connectivity index (χ1) is 20.6. The molecule has 4 aromatic rings. The maximum absolute atomic E-state index is 14.6. The summed E-state index contributed by atoms with van der Waals surface area (Å²) in [5.41, 5.74) is 1.05. The quantitative estimate of drug-likeness (QED) is 0.283. The Labute approximate surface area is 260 Å². The summed E-state index contributed by atoms with van der Waals surface area (Å²) in [6, 6.07) is 17.5. The Kier molecular flexibility index (Phi) is 8.71. The zero-order valence-electron chi connectivity index (χ0n) is 23.2. The molecule has 0 aliphatic carbocycles. The van der Waals surface area contributed by atoms with Gasteiger partial charge in [-0.3, -0.25) is 18.7 Å². The van der Waals surface area contributed by atoms with Crippen LogP contribution in [0.4, 0.5) is 4.39 Å². The van der Waals surface area contributed by atoms with Crippen molar-refractivity contribution in [1.29, 1.82) is 5.26 Å². The second kappa shape index (κ2) is 12.5. The van der Waals surface area contributed by atoms with Gasteiger partial charge in [0.25, 0.3) is 11.8 Å². The van der Waals surface area contributed by atoms with Gasteiger partial charge in [-0.15, -0.1) is 0 Å². The molecule has 1 aliphatic heterocycles. The number of halogens is 3. The van der Waals surface area contributed by atoms with Crippen LogP contribution in [0.1, 0.15) is 51.5 Å². The molecule has 0 atom stereocenters. The Morgan fingerprint density at radius 3 is 2.51 bits per heavy atom. The summed E-state index contributed by atoms with van der Waals surface area (Å²) in [6.45, 7) is 4.00. The first-order valence-corrected chi connectivity index (χ1v) is 14.6. The molecule has 220 valence electrons. The molecule has 2 amide bonds. The molecule has 12 heteroatoms. The van der Waals surface area contributed by atoms with Crippen LogP contribution in [0.2, 0.25) is 5.02 Å². The molecule has 0 spiro atoms. The number of carbonyl (C=O) groups excluding carboxylic acids is 2. The highest BCUT2D eigenvalue weighted by molar-refractivity contribution is 9.10. The van der Waals surface area contributed by atoms with Crippen molar-refractivity contribution in [2.75, 3.05) is 6.54 Å². The normalized spacial score (nSPS) is 12.5. The molecule has 1 aromatic heterocycles. The van der Waals surface area contributed by atoms with E-state index in [1.165, 1.54) is 21.3 Å². The fourth-order valence-electron chi connectivity index (χ4n) is 4.88. The number of rotatable bonds is 7. The van der Waals surface area contributed by atoms with Crippen LogP contribution in [0, 0.1) is 17.1 Å². The fourth-order valence-corrected chi connectivity index (χ4v) is 5.31. The summed E-state index contributed by atoms with van der Waals surface area (Å²) in [5, 5.41) is 12.1. The van der Waals surface area contributed by atoms with Crippen LogP contribution in [-0.4, -0.2) is 38.5 Å². The standard InChI is InChI=1S/C31H26BrClFN5O4/c1-18(2)43-23-8-6-22(7-9-23)39-28(29(40)36-16-21-4-3-19(15-35)13-26(21)34)27-17-37(11-12-38(27)31(39)42)30(41)20-5-10-24(32)25(33)14-20/h3-10,13-14,18H,11-12,16-17H2,1-2H3,(H,36,40). The van der Waals surface area contributed by atoms with Crippen molar-refractivity contribution in [3.8, 4) is 17.5 Å². The number of carbonyl (C=O) groups is 2. The van der Waals surface area contributed by atoms with E-state index >= 15 is 0 Å². The van der Waals surface area contributed by atoms with Crippen LogP contribution >= 0.6 is 27.5 Å². The van der Waals surface area contributed by atoms with Gasteiger partial charge in [-0.1, -0.05) is 17.7 Å². The lowest BCUT2D eigenvalue weighted by Crippen LogP contribution is -2.41. The average Bonchev–Trinajstić information content (AvgIpc) is 3.28. The second-order valence-electron chi connectivity index (χ2n) is 10.2. The molecule has 0 radical (unpaired) electrons. The van der Waals surface area contributed by atoms with Gasteiger partial charge in [-0.05, 0) is 84.4 Å².